The van der Waals surface area contributed by atoms with Crippen LogP contribution in [0.5, 0.6) is 0 Å². The topological polar surface area (TPSA) is 91.3 Å². The van der Waals surface area contributed by atoms with Crippen molar-refractivity contribution in [3.8, 4) is 6.07 Å². The molecule has 0 bridgehead atoms. The van der Waals surface area contributed by atoms with E-state index < -0.39 is 4.92 Å². The molecule has 6 heteroatoms. The maximum atomic E-state index is 11.3. The second kappa shape index (κ2) is 8.92. The normalized spacial score (nSPS) is 10.8. The molecule has 0 fully saturated rings. The van der Waals surface area contributed by atoms with Crippen LogP contribution in [0.15, 0.2) is 77.9 Å². The maximum absolute atomic E-state index is 11.3. The second-order valence-electron chi connectivity index (χ2n) is 5.84. The number of nitriles is 1. The van der Waals surface area contributed by atoms with Crippen molar-refractivity contribution in [3.63, 3.8) is 0 Å². The van der Waals surface area contributed by atoms with E-state index in [-0.39, 0.29) is 11.3 Å². The van der Waals surface area contributed by atoms with Crippen LogP contribution in [0.1, 0.15) is 22.3 Å². The molecule has 28 heavy (non-hydrogen) atoms. The third-order valence-electron chi connectivity index (χ3n) is 3.97. The van der Waals surface area contributed by atoms with E-state index in [1.54, 1.807) is 30.5 Å². The SMILES string of the molecule is N#Cc1ccc(/C=C\c2ccccc2/C=N/Nc2ccccc2)c([N+](=O)[O-])c1. The molecule has 0 heterocycles. The van der Waals surface area contributed by atoms with Gasteiger partial charge in [0.15, 0.2) is 0 Å². The Hall–Kier alpha value is -4.24. The van der Waals surface area contributed by atoms with Crippen LogP contribution in [-0.4, -0.2) is 11.1 Å². The van der Waals surface area contributed by atoms with E-state index in [1.807, 2.05) is 60.7 Å². The zero-order valence-corrected chi connectivity index (χ0v) is 14.8. The molecule has 136 valence electrons. The van der Waals surface area contributed by atoms with Crippen molar-refractivity contribution in [1.29, 1.82) is 5.26 Å². The summed E-state index contributed by atoms with van der Waals surface area (Å²) >= 11 is 0. The van der Waals surface area contributed by atoms with Crippen LogP contribution in [-0.2, 0) is 0 Å². The molecule has 0 saturated heterocycles. The highest BCUT2D eigenvalue weighted by Crippen LogP contribution is 2.23. The Kier molecular flexibility index (Phi) is 5.91. The summed E-state index contributed by atoms with van der Waals surface area (Å²) < 4.78 is 0. The average Bonchev–Trinajstić information content (AvgIpc) is 2.73. The molecule has 3 rings (SSSR count). The largest absolute Gasteiger partial charge is 0.279 e. The molecule has 1 N–H and O–H groups in total. The molecule has 0 aliphatic carbocycles. The van der Waals surface area contributed by atoms with E-state index in [9.17, 15) is 10.1 Å². The van der Waals surface area contributed by atoms with Crippen LogP contribution in [0.2, 0.25) is 0 Å². The lowest BCUT2D eigenvalue weighted by Crippen LogP contribution is -1.93. The van der Waals surface area contributed by atoms with Crippen molar-refractivity contribution in [2.45, 2.75) is 0 Å². The first-order valence-electron chi connectivity index (χ1n) is 8.47. The fourth-order valence-corrected chi connectivity index (χ4v) is 2.56. The number of benzene rings is 3. The molecule has 0 atom stereocenters. The molecular formula is C22H16N4O2. The number of anilines is 1. The number of hydrazone groups is 1. The zero-order valence-electron chi connectivity index (χ0n) is 14.8. The predicted molar refractivity (Wildman–Crippen MR) is 111 cm³/mol. The van der Waals surface area contributed by atoms with Crippen LogP contribution in [0.4, 0.5) is 11.4 Å². The zero-order chi connectivity index (χ0) is 19.8. The molecule has 0 amide bonds. The third-order valence-corrected chi connectivity index (χ3v) is 3.97. The average molecular weight is 368 g/mol. The fraction of sp³-hybridized carbons (Fsp3) is 0. The minimum Gasteiger partial charge on any atom is -0.279 e. The highest BCUT2D eigenvalue weighted by Gasteiger charge is 2.12. The third kappa shape index (κ3) is 4.68. The molecule has 0 saturated carbocycles. The molecule has 0 aliphatic rings. The first-order chi connectivity index (χ1) is 13.7. The van der Waals surface area contributed by atoms with Crippen LogP contribution < -0.4 is 5.43 Å². The van der Waals surface area contributed by atoms with Gasteiger partial charge in [-0.3, -0.25) is 15.5 Å². The lowest BCUT2D eigenvalue weighted by molar-refractivity contribution is -0.385. The number of nitrogens with one attached hydrogen (secondary N) is 1. The Balaban J connectivity index is 1.84. The molecule has 0 spiro atoms. The molecule has 6 nitrogen and oxygen atoms in total. The minimum absolute atomic E-state index is 0.104. The molecule has 0 aliphatic heterocycles. The van der Waals surface area contributed by atoms with Gasteiger partial charge in [0.05, 0.1) is 34.0 Å². The van der Waals surface area contributed by atoms with E-state index in [1.165, 1.54) is 6.07 Å². The van der Waals surface area contributed by atoms with Gasteiger partial charge < -0.3 is 0 Å². The number of nitro benzene ring substituents is 1. The van der Waals surface area contributed by atoms with Crippen LogP contribution in [0.3, 0.4) is 0 Å². The van der Waals surface area contributed by atoms with Crippen LogP contribution >= 0.6 is 0 Å². The Morgan fingerprint density at radius 1 is 0.929 bits per heavy atom. The molecule has 3 aromatic rings. The second-order valence-corrected chi connectivity index (χ2v) is 5.84. The first-order valence-corrected chi connectivity index (χ1v) is 8.47. The van der Waals surface area contributed by atoms with Crippen molar-refractivity contribution in [3.05, 3.63) is 105 Å². The molecular weight excluding hydrogens is 352 g/mol. The molecule has 0 radical (unpaired) electrons. The summed E-state index contributed by atoms with van der Waals surface area (Å²) in [7, 11) is 0. The van der Waals surface area contributed by atoms with E-state index in [0.717, 1.165) is 16.8 Å². The summed E-state index contributed by atoms with van der Waals surface area (Å²) in [5.74, 6) is 0. The van der Waals surface area contributed by atoms with E-state index >= 15 is 0 Å². The lowest BCUT2D eigenvalue weighted by atomic mass is 10.0. The summed E-state index contributed by atoms with van der Waals surface area (Å²) in [6.45, 7) is 0. The van der Waals surface area contributed by atoms with Gasteiger partial charge in [-0.2, -0.15) is 10.4 Å². The summed E-state index contributed by atoms with van der Waals surface area (Å²) in [6, 6.07) is 23.5. The number of nitro groups is 1. The van der Waals surface area contributed by atoms with Crippen molar-refractivity contribution < 1.29 is 4.92 Å². The van der Waals surface area contributed by atoms with Gasteiger partial charge in [0, 0.05) is 11.6 Å². The number of para-hydroxylation sites is 1. The van der Waals surface area contributed by atoms with Gasteiger partial charge in [0.1, 0.15) is 0 Å². The summed E-state index contributed by atoms with van der Waals surface area (Å²) in [4.78, 5) is 10.8. The summed E-state index contributed by atoms with van der Waals surface area (Å²) in [5.41, 5.74) is 6.13. The van der Waals surface area contributed by atoms with Gasteiger partial charge in [-0.1, -0.05) is 48.5 Å². The Bertz CT molecular complexity index is 1080. The maximum Gasteiger partial charge on any atom is 0.277 e. The monoisotopic (exact) mass is 368 g/mol. The smallest absolute Gasteiger partial charge is 0.277 e. The fourth-order valence-electron chi connectivity index (χ4n) is 2.56. The van der Waals surface area contributed by atoms with Gasteiger partial charge in [-0.25, -0.2) is 0 Å². The Morgan fingerprint density at radius 3 is 2.32 bits per heavy atom. The van der Waals surface area contributed by atoms with E-state index in [0.29, 0.717) is 5.56 Å². The molecule has 3 aromatic carbocycles. The van der Waals surface area contributed by atoms with Gasteiger partial charge in [-0.15, -0.1) is 0 Å². The first kappa shape index (κ1) is 18.5. The lowest BCUT2D eigenvalue weighted by Gasteiger charge is -2.02. The Morgan fingerprint density at radius 2 is 1.61 bits per heavy atom. The van der Waals surface area contributed by atoms with Crippen molar-refractivity contribution in [1.82, 2.24) is 0 Å². The molecule has 0 unspecified atom stereocenters. The standard InChI is InChI=1S/C22H16N4O2/c23-15-17-10-11-19(22(14-17)26(27)28)13-12-18-6-4-5-7-20(18)16-24-25-21-8-2-1-3-9-21/h1-14,16,25H/b13-12-,24-16+. The minimum atomic E-state index is -0.488. The van der Waals surface area contributed by atoms with Crippen molar-refractivity contribution in [2.75, 3.05) is 5.43 Å². The highest BCUT2D eigenvalue weighted by atomic mass is 16.6. The summed E-state index contributed by atoms with van der Waals surface area (Å²) in [6.07, 6.45) is 5.15. The Labute approximate surface area is 162 Å². The molecule has 0 aromatic heterocycles. The number of rotatable bonds is 6. The number of hydrogen-bond acceptors (Lipinski definition) is 5. The van der Waals surface area contributed by atoms with Crippen molar-refractivity contribution in [2.24, 2.45) is 5.10 Å². The van der Waals surface area contributed by atoms with Gasteiger partial charge in [0.25, 0.3) is 5.69 Å². The van der Waals surface area contributed by atoms with Gasteiger partial charge in [-0.05, 0) is 35.9 Å². The van der Waals surface area contributed by atoms with Crippen LogP contribution in [0.25, 0.3) is 12.2 Å². The number of nitrogens with zero attached hydrogens (tertiary/aromatic N) is 3. The highest BCUT2D eigenvalue weighted by molar-refractivity contribution is 5.88. The van der Waals surface area contributed by atoms with Gasteiger partial charge in [0.2, 0.25) is 0 Å². The van der Waals surface area contributed by atoms with Crippen molar-refractivity contribution >= 4 is 29.7 Å². The van der Waals surface area contributed by atoms with E-state index in [2.05, 4.69) is 10.5 Å². The van der Waals surface area contributed by atoms with Gasteiger partial charge >= 0.3 is 0 Å². The summed E-state index contributed by atoms with van der Waals surface area (Å²) in [5, 5.41) is 24.5. The van der Waals surface area contributed by atoms with Crippen LogP contribution in [0, 0.1) is 21.4 Å². The van der Waals surface area contributed by atoms with E-state index in [4.69, 9.17) is 5.26 Å². The number of hydrogen-bond donors (Lipinski definition) is 1. The predicted octanol–water partition coefficient (Wildman–Crippen LogP) is 5.08. The quantitative estimate of drug-likeness (QED) is 0.284.